The average molecular weight is 232 g/mol. The summed E-state index contributed by atoms with van der Waals surface area (Å²) in [5.41, 5.74) is 0.00979. The lowest BCUT2D eigenvalue weighted by Crippen LogP contribution is -2.05. The fourth-order valence-corrected chi connectivity index (χ4v) is 1.50. The zero-order valence-electron chi connectivity index (χ0n) is 7.94. The van der Waals surface area contributed by atoms with Crippen LogP contribution in [0.3, 0.4) is 0 Å². The molecule has 0 radical (unpaired) electrons. The molecule has 0 saturated heterocycles. The van der Waals surface area contributed by atoms with E-state index in [2.05, 4.69) is 4.74 Å². The molecule has 0 heterocycles. The summed E-state index contributed by atoms with van der Waals surface area (Å²) < 4.78 is 38.3. The van der Waals surface area contributed by atoms with Crippen LogP contribution in [0.2, 0.25) is 0 Å². The molecule has 0 atom stereocenters. The molecule has 6 heteroatoms. The van der Waals surface area contributed by atoms with E-state index in [1.807, 2.05) is 0 Å². The van der Waals surface area contributed by atoms with E-state index >= 15 is 0 Å². The minimum Gasteiger partial charge on any atom is -0.462 e. The van der Waals surface area contributed by atoms with Crippen LogP contribution in [-0.4, -0.2) is 21.0 Å². The molecule has 0 fully saturated rings. The van der Waals surface area contributed by atoms with Gasteiger partial charge in [-0.25, -0.2) is 4.79 Å². The van der Waals surface area contributed by atoms with Gasteiger partial charge in [0.15, 0.2) is 0 Å². The minimum absolute atomic E-state index is 0.00979. The quantitative estimate of drug-likeness (QED) is 0.585. The van der Waals surface area contributed by atoms with Crippen LogP contribution in [0, 0.1) is 0 Å². The maximum Gasteiger partial charge on any atom is 0.338 e. The van der Waals surface area contributed by atoms with Crippen molar-refractivity contribution in [2.45, 2.75) is 11.8 Å². The Balaban J connectivity index is 3.09. The van der Waals surface area contributed by atoms with E-state index in [1.165, 1.54) is 12.1 Å². The van der Waals surface area contributed by atoms with E-state index in [9.17, 15) is 17.1 Å². The molecule has 0 unspecified atom stereocenters. The Kier molecular flexibility index (Phi) is 3.41. The maximum absolute atomic E-state index is 12.6. The smallest absolute Gasteiger partial charge is 0.338 e. The molecule has 0 aliphatic carbocycles. The number of hydrogen-bond donors (Lipinski definition) is 0. The normalized spacial score (nSPS) is 11.1. The first kappa shape index (κ1) is 11.6. The second-order valence-electron chi connectivity index (χ2n) is 2.69. The van der Waals surface area contributed by atoms with Crippen LogP contribution < -0.4 is 0 Å². The van der Waals surface area contributed by atoms with Crippen LogP contribution in [0.1, 0.15) is 17.3 Å². The summed E-state index contributed by atoms with van der Waals surface area (Å²) in [5.74, 6) is -0.678. The van der Waals surface area contributed by atoms with Gasteiger partial charge in [0, 0.05) is 0 Å². The zero-order valence-corrected chi connectivity index (χ0v) is 8.75. The fourth-order valence-electron chi connectivity index (χ4n) is 0.989. The Bertz CT molecular complexity index is 467. The molecule has 1 aromatic carbocycles. The number of benzene rings is 1. The Morgan fingerprint density at radius 1 is 1.47 bits per heavy atom. The highest BCUT2D eigenvalue weighted by molar-refractivity contribution is 7.86. The van der Waals surface area contributed by atoms with Crippen molar-refractivity contribution >= 4 is 16.2 Å². The number of ether oxygens (including phenoxy) is 1. The van der Waals surface area contributed by atoms with Gasteiger partial charge < -0.3 is 4.74 Å². The Labute approximate surface area is 86.9 Å². The third kappa shape index (κ3) is 3.02. The zero-order chi connectivity index (χ0) is 11.5. The first-order valence-corrected chi connectivity index (χ1v) is 5.55. The predicted molar refractivity (Wildman–Crippen MR) is 50.7 cm³/mol. The van der Waals surface area contributed by atoms with E-state index in [0.717, 1.165) is 12.1 Å². The van der Waals surface area contributed by atoms with Gasteiger partial charge in [0.2, 0.25) is 0 Å². The van der Waals surface area contributed by atoms with Gasteiger partial charge in [-0.2, -0.15) is 8.42 Å². The molecule has 0 spiro atoms. The molecule has 0 bridgehead atoms. The van der Waals surface area contributed by atoms with Crippen molar-refractivity contribution in [1.29, 1.82) is 0 Å². The molecule has 15 heavy (non-hydrogen) atoms. The van der Waals surface area contributed by atoms with Gasteiger partial charge >= 0.3 is 16.2 Å². The largest absolute Gasteiger partial charge is 0.462 e. The first-order valence-electron chi connectivity index (χ1n) is 4.17. The third-order valence-electron chi connectivity index (χ3n) is 1.63. The van der Waals surface area contributed by atoms with Crippen LogP contribution in [0.15, 0.2) is 29.2 Å². The van der Waals surface area contributed by atoms with Crippen molar-refractivity contribution in [2.75, 3.05) is 6.61 Å². The van der Waals surface area contributed by atoms with Crippen molar-refractivity contribution in [1.82, 2.24) is 0 Å². The van der Waals surface area contributed by atoms with Crippen LogP contribution >= 0.6 is 0 Å². The maximum atomic E-state index is 12.6. The summed E-state index contributed by atoms with van der Waals surface area (Å²) in [6.07, 6.45) is 0. The standard InChI is InChI=1S/C9H9FO4S/c1-2-14-9(11)7-4-3-5-8(6-7)15(10,12)13/h3-6H,2H2,1H3. The number of hydrogen-bond acceptors (Lipinski definition) is 4. The molecule has 0 aromatic heterocycles. The van der Waals surface area contributed by atoms with Gasteiger partial charge in [-0.1, -0.05) is 6.07 Å². The number of carbonyl (C=O) groups excluding carboxylic acids is 1. The van der Waals surface area contributed by atoms with Gasteiger partial charge in [-0.05, 0) is 25.1 Å². The first-order chi connectivity index (χ1) is 6.95. The van der Waals surface area contributed by atoms with Crippen LogP contribution in [0.4, 0.5) is 3.89 Å². The van der Waals surface area contributed by atoms with E-state index < -0.39 is 21.1 Å². The number of halogens is 1. The van der Waals surface area contributed by atoms with E-state index in [1.54, 1.807) is 6.92 Å². The Morgan fingerprint density at radius 2 is 2.13 bits per heavy atom. The van der Waals surface area contributed by atoms with Crippen LogP contribution in [0.5, 0.6) is 0 Å². The van der Waals surface area contributed by atoms with Crippen molar-refractivity contribution in [2.24, 2.45) is 0 Å². The highest BCUT2D eigenvalue weighted by Crippen LogP contribution is 2.14. The number of carbonyl (C=O) groups is 1. The fraction of sp³-hybridized carbons (Fsp3) is 0.222. The summed E-state index contributed by atoms with van der Waals surface area (Å²) in [5, 5.41) is 0. The molecule has 0 N–H and O–H groups in total. The lowest BCUT2D eigenvalue weighted by molar-refractivity contribution is 0.0526. The van der Waals surface area contributed by atoms with Crippen molar-refractivity contribution in [3.63, 3.8) is 0 Å². The van der Waals surface area contributed by atoms with Crippen molar-refractivity contribution < 1.29 is 21.8 Å². The Hall–Kier alpha value is -1.43. The third-order valence-corrected chi connectivity index (χ3v) is 2.44. The monoisotopic (exact) mass is 232 g/mol. The Morgan fingerprint density at radius 3 is 2.67 bits per heavy atom. The molecule has 0 aliphatic rings. The lowest BCUT2D eigenvalue weighted by Gasteiger charge is -2.02. The molecule has 82 valence electrons. The van der Waals surface area contributed by atoms with Gasteiger partial charge in [-0.3, -0.25) is 0 Å². The number of rotatable bonds is 3. The minimum atomic E-state index is -4.78. The van der Waals surface area contributed by atoms with Gasteiger partial charge in [0.25, 0.3) is 0 Å². The molecule has 0 saturated carbocycles. The second kappa shape index (κ2) is 4.39. The summed E-state index contributed by atoms with van der Waals surface area (Å²) in [6.45, 7) is 1.79. The van der Waals surface area contributed by atoms with E-state index in [-0.39, 0.29) is 12.2 Å². The van der Waals surface area contributed by atoms with Crippen molar-refractivity contribution in [3.8, 4) is 0 Å². The summed E-state index contributed by atoms with van der Waals surface area (Å²) in [6, 6.07) is 4.64. The van der Waals surface area contributed by atoms with Gasteiger partial charge in [0.1, 0.15) is 0 Å². The molecular weight excluding hydrogens is 223 g/mol. The topological polar surface area (TPSA) is 60.4 Å². The van der Waals surface area contributed by atoms with E-state index in [4.69, 9.17) is 0 Å². The van der Waals surface area contributed by atoms with Crippen LogP contribution in [0.25, 0.3) is 0 Å². The lowest BCUT2D eigenvalue weighted by atomic mass is 10.2. The molecule has 0 aliphatic heterocycles. The average Bonchev–Trinajstić information content (AvgIpc) is 2.17. The highest BCUT2D eigenvalue weighted by Gasteiger charge is 2.14. The van der Waals surface area contributed by atoms with Gasteiger partial charge in [-0.15, -0.1) is 3.89 Å². The molecule has 4 nitrogen and oxygen atoms in total. The molecular formula is C9H9FO4S. The van der Waals surface area contributed by atoms with Crippen LogP contribution in [-0.2, 0) is 15.0 Å². The summed E-state index contributed by atoms with van der Waals surface area (Å²) in [7, 11) is -4.78. The number of esters is 1. The summed E-state index contributed by atoms with van der Waals surface area (Å²) >= 11 is 0. The second-order valence-corrected chi connectivity index (χ2v) is 4.03. The molecule has 1 aromatic rings. The van der Waals surface area contributed by atoms with Crippen molar-refractivity contribution in [3.05, 3.63) is 29.8 Å². The molecule has 1 rings (SSSR count). The highest BCUT2D eigenvalue weighted by atomic mass is 32.3. The molecule has 0 amide bonds. The summed E-state index contributed by atoms with van der Waals surface area (Å²) in [4.78, 5) is 10.6. The predicted octanol–water partition coefficient (Wildman–Crippen LogP) is 1.52. The SMILES string of the molecule is CCOC(=O)c1cccc(S(=O)(=O)F)c1. The van der Waals surface area contributed by atoms with Gasteiger partial charge in [0.05, 0.1) is 17.1 Å². The van der Waals surface area contributed by atoms with E-state index in [0.29, 0.717) is 0 Å².